The van der Waals surface area contributed by atoms with E-state index >= 15 is 0 Å². The summed E-state index contributed by atoms with van der Waals surface area (Å²) in [5, 5.41) is 17.3. The number of nitrogens with one attached hydrogen (secondary N) is 2. The zero-order chi connectivity index (χ0) is 22.2. The second-order valence-corrected chi connectivity index (χ2v) is 7.49. The Labute approximate surface area is 177 Å². The molecule has 2 N–H and O–H groups in total. The minimum atomic E-state index is -4.65. The van der Waals surface area contributed by atoms with E-state index in [0.717, 1.165) is 28.7 Å². The van der Waals surface area contributed by atoms with Gasteiger partial charge < -0.3 is 10.6 Å². The molecule has 4 rings (SSSR count). The van der Waals surface area contributed by atoms with Gasteiger partial charge in [0.25, 0.3) is 0 Å². The first-order chi connectivity index (χ1) is 14.7. The van der Waals surface area contributed by atoms with Gasteiger partial charge in [0.2, 0.25) is 11.6 Å². The number of anilines is 4. The Kier molecular flexibility index (Phi) is 5.15. The summed E-state index contributed by atoms with van der Waals surface area (Å²) in [6.45, 7) is 1.93. The number of rotatable bonds is 5. The number of para-hydroxylation sites is 1. The van der Waals surface area contributed by atoms with E-state index in [4.69, 9.17) is 0 Å². The van der Waals surface area contributed by atoms with E-state index in [0.29, 0.717) is 10.6 Å². The molecule has 0 atom stereocenters. The Morgan fingerprint density at radius 2 is 1.77 bits per heavy atom. The van der Waals surface area contributed by atoms with Gasteiger partial charge in [0, 0.05) is 0 Å². The Hall–Kier alpha value is -3.80. The van der Waals surface area contributed by atoms with Gasteiger partial charge in [0.15, 0.2) is 5.13 Å². The minimum absolute atomic E-state index is 0.192. The summed E-state index contributed by atoms with van der Waals surface area (Å²) < 4.78 is 40.7. The van der Waals surface area contributed by atoms with Crippen LogP contribution in [0.25, 0.3) is 10.2 Å². The molecule has 0 radical (unpaired) electrons. The van der Waals surface area contributed by atoms with E-state index in [1.54, 1.807) is 0 Å². The van der Waals surface area contributed by atoms with Crippen molar-refractivity contribution in [3.63, 3.8) is 0 Å². The molecular weight excluding hydrogens is 433 g/mol. The number of alkyl halides is 3. The van der Waals surface area contributed by atoms with Gasteiger partial charge in [-0.05, 0) is 36.8 Å². The van der Waals surface area contributed by atoms with E-state index in [-0.39, 0.29) is 17.3 Å². The van der Waals surface area contributed by atoms with Crippen LogP contribution in [0.2, 0.25) is 0 Å². The summed E-state index contributed by atoms with van der Waals surface area (Å²) in [4.78, 5) is 23.0. The number of hydrogen-bond donors (Lipinski definition) is 2. The molecule has 0 amide bonds. The van der Waals surface area contributed by atoms with Gasteiger partial charge in [0.1, 0.15) is 6.33 Å². The van der Waals surface area contributed by atoms with E-state index in [1.807, 2.05) is 25.1 Å². The van der Waals surface area contributed by atoms with Crippen LogP contribution in [0.4, 0.5) is 41.3 Å². The first kappa shape index (κ1) is 20.5. The second kappa shape index (κ2) is 7.80. The standard InChI is InChI=1S/C19H13F3N6O2S/c1-10-6-7-13-14(8-10)31-18(26-13)27-17-15(28(29)30)16(23-9-24-17)25-12-5-3-2-4-11(12)19(20,21)22/h2-9H,1H3,(H2,23,24,25,26,27). The van der Waals surface area contributed by atoms with Crippen LogP contribution in [0.1, 0.15) is 11.1 Å². The lowest BCUT2D eigenvalue weighted by atomic mass is 10.1. The molecule has 0 aliphatic heterocycles. The summed E-state index contributed by atoms with van der Waals surface area (Å²) in [6, 6.07) is 10.3. The van der Waals surface area contributed by atoms with Crippen LogP contribution >= 0.6 is 11.3 Å². The Bertz CT molecular complexity index is 1290. The average molecular weight is 446 g/mol. The van der Waals surface area contributed by atoms with E-state index in [1.165, 1.54) is 23.5 Å². The topological polar surface area (TPSA) is 106 Å². The maximum atomic E-state index is 13.3. The largest absolute Gasteiger partial charge is 0.418 e. The molecule has 2 aromatic heterocycles. The molecular formula is C19H13F3N6O2S. The third-order valence-electron chi connectivity index (χ3n) is 4.26. The number of aromatic nitrogens is 3. The number of nitro groups is 1. The lowest BCUT2D eigenvalue weighted by Gasteiger charge is -2.14. The molecule has 0 fully saturated rings. The van der Waals surface area contributed by atoms with Gasteiger partial charge in [-0.15, -0.1) is 0 Å². The average Bonchev–Trinajstić information content (AvgIpc) is 3.08. The normalized spacial score (nSPS) is 11.5. The first-order valence-corrected chi connectivity index (χ1v) is 9.61. The predicted molar refractivity (Wildman–Crippen MR) is 111 cm³/mol. The Morgan fingerprint density at radius 3 is 2.48 bits per heavy atom. The second-order valence-electron chi connectivity index (χ2n) is 6.46. The van der Waals surface area contributed by atoms with Crippen LogP contribution in [-0.2, 0) is 6.18 Å². The van der Waals surface area contributed by atoms with E-state index < -0.39 is 22.4 Å². The van der Waals surface area contributed by atoms with Gasteiger partial charge in [0.05, 0.1) is 26.4 Å². The quantitative estimate of drug-likeness (QED) is 0.294. The first-order valence-electron chi connectivity index (χ1n) is 8.79. The number of aryl methyl sites for hydroxylation is 1. The maximum absolute atomic E-state index is 13.3. The van der Waals surface area contributed by atoms with Crippen LogP contribution in [-0.4, -0.2) is 19.9 Å². The van der Waals surface area contributed by atoms with Crippen molar-refractivity contribution in [2.24, 2.45) is 0 Å². The zero-order valence-electron chi connectivity index (χ0n) is 15.8. The highest BCUT2D eigenvalue weighted by Gasteiger charge is 2.34. The van der Waals surface area contributed by atoms with Gasteiger partial charge in [-0.3, -0.25) is 10.1 Å². The summed E-state index contributed by atoms with van der Waals surface area (Å²) in [7, 11) is 0. The fourth-order valence-electron chi connectivity index (χ4n) is 2.89. The van der Waals surface area contributed by atoms with Crippen molar-refractivity contribution in [3.8, 4) is 0 Å². The van der Waals surface area contributed by atoms with Gasteiger partial charge >= 0.3 is 11.9 Å². The molecule has 0 spiro atoms. The predicted octanol–water partition coefficient (Wildman–Crippen LogP) is 5.81. The van der Waals surface area contributed by atoms with Crippen LogP contribution < -0.4 is 10.6 Å². The van der Waals surface area contributed by atoms with Crippen LogP contribution in [0.3, 0.4) is 0 Å². The number of nitrogens with zero attached hydrogens (tertiary/aromatic N) is 4. The molecule has 0 unspecified atom stereocenters. The molecule has 158 valence electrons. The SMILES string of the molecule is Cc1ccc2nc(Nc3ncnc(Nc4ccccc4C(F)(F)F)c3[N+](=O)[O-])sc2c1. The highest BCUT2D eigenvalue weighted by molar-refractivity contribution is 7.22. The molecule has 4 aromatic rings. The summed E-state index contributed by atoms with van der Waals surface area (Å²) in [5.74, 6) is -0.570. The van der Waals surface area contributed by atoms with Gasteiger partial charge in [-0.1, -0.05) is 29.5 Å². The number of fused-ring (bicyclic) bond motifs is 1. The molecule has 0 bridgehead atoms. The molecule has 31 heavy (non-hydrogen) atoms. The highest BCUT2D eigenvalue weighted by Crippen LogP contribution is 2.39. The lowest BCUT2D eigenvalue weighted by molar-refractivity contribution is -0.383. The molecule has 2 aromatic carbocycles. The fourth-order valence-corrected chi connectivity index (χ4v) is 3.85. The van der Waals surface area contributed by atoms with Crippen molar-refractivity contribution in [2.45, 2.75) is 13.1 Å². The Morgan fingerprint density at radius 1 is 1.06 bits per heavy atom. The highest BCUT2D eigenvalue weighted by atomic mass is 32.1. The number of hydrogen-bond acceptors (Lipinski definition) is 8. The lowest BCUT2D eigenvalue weighted by Crippen LogP contribution is -2.10. The van der Waals surface area contributed by atoms with Crippen molar-refractivity contribution in [1.82, 2.24) is 15.0 Å². The summed E-state index contributed by atoms with van der Waals surface area (Å²) in [5.41, 5.74) is -0.204. The third kappa shape index (κ3) is 4.23. The minimum Gasteiger partial charge on any atom is -0.334 e. The van der Waals surface area contributed by atoms with E-state index in [2.05, 4.69) is 25.6 Å². The summed E-state index contributed by atoms with van der Waals surface area (Å²) in [6.07, 6.45) is -3.63. The van der Waals surface area contributed by atoms with Crippen molar-refractivity contribution in [1.29, 1.82) is 0 Å². The van der Waals surface area contributed by atoms with Crippen molar-refractivity contribution < 1.29 is 18.1 Å². The Balaban J connectivity index is 1.73. The van der Waals surface area contributed by atoms with E-state index in [9.17, 15) is 23.3 Å². The maximum Gasteiger partial charge on any atom is 0.418 e. The number of halogens is 3. The molecule has 0 aliphatic carbocycles. The molecule has 0 saturated heterocycles. The molecule has 0 aliphatic rings. The molecule has 2 heterocycles. The van der Waals surface area contributed by atoms with Crippen molar-refractivity contribution in [2.75, 3.05) is 10.6 Å². The monoisotopic (exact) mass is 446 g/mol. The molecule has 12 heteroatoms. The molecule has 0 saturated carbocycles. The number of benzene rings is 2. The van der Waals surface area contributed by atoms with Gasteiger partial charge in [-0.2, -0.15) is 13.2 Å². The van der Waals surface area contributed by atoms with Crippen molar-refractivity contribution >= 4 is 49.7 Å². The van der Waals surface area contributed by atoms with Crippen LogP contribution in [0.5, 0.6) is 0 Å². The van der Waals surface area contributed by atoms with Crippen LogP contribution in [0.15, 0.2) is 48.8 Å². The van der Waals surface area contributed by atoms with Crippen LogP contribution in [0, 0.1) is 17.0 Å². The van der Waals surface area contributed by atoms with Crippen molar-refractivity contribution in [3.05, 3.63) is 70.0 Å². The third-order valence-corrected chi connectivity index (χ3v) is 5.19. The molecule has 8 nitrogen and oxygen atoms in total. The smallest absolute Gasteiger partial charge is 0.334 e. The zero-order valence-corrected chi connectivity index (χ0v) is 16.6. The summed E-state index contributed by atoms with van der Waals surface area (Å²) >= 11 is 1.27. The number of thiazole rings is 1. The van der Waals surface area contributed by atoms with Gasteiger partial charge in [-0.25, -0.2) is 15.0 Å². The fraction of sp³-hybridized carbons (Fsp3) is 0.105.